The molecule has 196 valence electrons. The molecule has 0 aliphatic carbocycles. The van der Waals surface area contributed by atoms with Crippen LogP contribution in [-0.4, -0.2) is 101 Å². The van der Waals surface area contributed by atoms with Crippen molar-refractivity contribution in [3.63, 3.8) is 0 Å². The molecule has 0 unspecified atom stereocenters. The van der Waals surface area contributed by atoms with Gasteiger partial charge in [-0.15, -0.1) is 0 Å². The molecule has 0 aromatic heterocycles. The molecular formula is C16H40N4O10S2. The molecule has 0 radical (unpaired) electrons. The van der Waals surface area contributed by atoms with Gasteiger partial charge in [0.1, 0.15) is 0 Å². The average molecular weight is 513 g/mol. The number of nitrogens with one attached hydrogen (secondary N) is 2. The Balaban J connectivity index is -0.000000231. The molecule has 2 amide bonds. The molecule has 4 N–H and O–H groups in total. The van der Waals surface area contributed by atoms with E-state index in [0.29, 0.717) is 39.3 Å². The van der Waals surface area contributed by atoms with Crippen LogP contribution in [0.3, 0.4) is 0 Å². The molecule has 0 saturated carbocycles. The monoisotopic (exact) mass is 512 g/mol. The Labute approximate surface area is 192 Å². The standard InChI is InChI=1S/2C8H18N2O4S.2H2O/c2*1-5-10(6-2,7-3)15(12,13)9-8(11)14-4;;/h2*5-7H2,1-4H3;2*1H2. The van der Waals surface area contributed by atoms with E-state index in [1.807, 2.05) is 9.44 Å². The smallest absolute Gasteiger partial charge is 0.424 e. The quantitative estimate of drug-likeness (QED) is 0.389. The second-order valence-electron chi connectivity index (χ2n) is 6.15. The predicted octanol–water partition coefficient (Wildman–Crippen LogP) is 0.574. The number of rotatable bonds is 10. The number of hydrogen-bond donors (Lipinski definition) is 2. The number of carbonyl (C=O) groups is 2. The highest BCUT2D eigenvalue weighted by Gasteiger charge is 2.39. The van der Waals surface area contributed by atoms with E-state index in [2.05, 4.69) is 9.47 Å². The lowest BCUT2D eigenvalue weighted by molar-refractivity contribution is -0.801. The molecule has 0 bridgehead atoms. The summed E-state index contributed by atoms with van der Waals surface area (Å²) in [5, 5.41) is 0. The summed E-state index contributed by atoms with van der Waals surface area (Å²) in [6.07, 6.45) is -1.90. The van der Waals surface area contributed by atoms with Gasteiger partial charge in [-0.25, -0.2) is 17.4 Å². The van der Waals surface area contributed by atoms with Gasteiger partial charge in [0, 0.05) is 0 Å². The van der Waals surface area contributed by atoms with Crippen molar-refractivity contribution in [2.24, 2.45) is 0 Å². The van der Waals surface area contributed by atoms with E-state index in [1.54, 1.807) is 41.5 Å². The number of ether oxygens (including phenoxy) is 2. The Bertz CT molecular complexity index is 668. The first-order valence-electron chi connectivity index (χ1n) is 9.71. The van der Waals surface area contributed by atoms with Crippen LogP contribution in [0, 0.1) is 0 Å². The number of nitrogens with zero attached hydrogens (tertiary/aromatic N) is 2. The molecule has 0 spiro atoms. The minimum atomic E-state index is -3.73. The lowest BCUT2D eigenvalue weighted by Crippen LogP contribution is -2.58. The van der Waals surface area contributed by atoms with E-state index in [0.717, 1.165) is 14.2 Å². The Morgan fingerprint density at radius 3 is 0.906 bits per heavy atom. The van der Waals surface area contributed by atoms with Crippen molar-refractivity contribution in [2.75, 3.05) is 53.5 Å². The summed E-state index contributed by atoms with van der Waals surface area (Å²) < 4.78 is 59.5. The molecule has 0 aliphatic rings. The third-order valence-electron chi connectivity index (χ3n) is 5.27. The first kappa shape index (κ1) is 37.6. The second-order valence-corrected chi connectivity index (χ2v) is 10.0. The minimum absolute atomic E-state index is 0. The third kappa shape index (κ3) is 9.03. The topological polar surface area (TPSA) is 205 Å². The van der Waals surface area contributed by atoms with Crippen LogP contribution in [0.25, 0.3) is 0 Å². The zero-order valence-corrected chi connectivity index (χ0v) is 21.7. The lowest BCUT2D eigenvalue weighted by atomic mass is 10.5. The molecule has 0 saturated heterocycles. The molecular weight excluding hydrogens is 472 g/mol. The molecule has 0 rings (SSSR count). The van der Waals surface area contributed by atoms with Crippen molar-refractivity contribution in [1.29, 1.82) is 0 Å². The molecule has 0 aromatic carbocycles. The van der Waals surface area contributed by atoms with Crippen LogP contribution in [0.4, 0.5) is 9.59 Å². The molecule has 14 nitrogen and oxygen atoms in total. The van der Waals surface area contributed by atoms with Crippen molar-refractivity contribution in [3.05, 3.63) is 0 Å². The maximum absolute atomic E-state index is 11.9. The van der Waals surface area contributed by atoms with Crippen molar-refractivity contribution in [3.8, 4) is 0 Å². The van der Waals surface area contributed by atoms with Gasteiger partial charge in [0.15, 0.2) is 0 Å². The second kappa shape index (κ2) is 16.0. The summed E-state index contributed by atoms with van der Waals surface area (Å²) in [6, 6.07) is 0. The van der Waals surface area contributed by atoms with Gasteiger partial charge in [0.25, 0.3) is 0 Å². The maximum atomic E-state index is 11.9. The molecule has 0 fully saturated rings. The zero-order valence-electron chi connectivity index (χ0n) is 20.1. The van der Waals surface area contributed by atoms with Crippen LogP contribution in [0.2, 0.25) is 0 Å². The summed E-state index contributed by atoms with van der Waals surface area (Å²) in [4.78, 5) is 21.8. The molecule has 0 aliphatic heterocycles. The van der Waals surface area contributed by atoms with E-state index in [9.17, 15) is 26.4 Å². The molecule has 16 heteroatoms. The van der Waals surface area contributed by atoms with E-state index in [4.69, 9.17) is 0 Å². The highest BCUT2D eigenvalue weighted by molar-refractivity contribution is 7.84. The molecule has 0 aromatic rings. The van der Waals surface area contributed by atoms with Gasteiger partial charge in [0.05, 0.1) is 53.5 Å². The third-order valence-corrected chi connectivity index (χ3v) is 9.71. The Morgan fingerprint density at radius 1 is 0.594 bits per heavy atom. The van der Waals surface area contributed by atoms with Crippen LogP contribution >= 0.6 is 0 Å². The molecule has 0 heterocycles. The summed E-state index contributed by atoms with van der Waals surface area (Å²) in [5.74, 6) is 0. The first-order chi connectivity index (χ1) is 13.8. The number of hydrogen-bond acceptors (Lipinski definition) is 10. The predicted molar refractivity (Wildman–Crippen MR) is 117 cm³/mol. The van der Waals surface area contributed by atoms with Crippen molar-refractivity contribution >= 4 is 32.6 Å². The fourth-order valence-corrected chi connectivity index (χ4v) is 5.86. The average Bonchev–Trinajstić information content (AvgIpc) is 2.70. The van der Waals surface area contributed by atoms with Gasteiger partial charge in [-0.3, -0.25) is 0 Å². The summed E-state index contributed by atoms with van der Waals surface area (Å²) in [5.41, 5.74) is 0. The number of amides is 2. The van der Waals surface area contributed by atoms with Crippen molar-refractivity contribution < 1.29 is 54.6 Å². The van der Waals surface area contributed by atoms with Crippen LogP contribution in [0.15, 0.2) is 0 Å². The normalized spacial score (nSPS) is 11.5. The Kier molecular flexibility index (Phi) is 18.8. The van der Waals surface area contributed by atoms with E-state index in [1.165, 1.54) is 0 Å². The van der Waals surface area contributed by atoms with Crippen LogP contribution in [0.1, 0.15) is 41.5 Å². The van der Waals surface area contributed by atoms with Gasteiger partial charge < -0.3 is 20.4 Å². The number of carbonyl (C=O) groups excluding carboxylic acids is 2. The fraction of sp³-hybridized carbons (Fsp3) is 0.875. The summed E-state index contributed by atoms with van der Waals surface area (Å²) in [6.45, 7) is 13.0. The van der Waals surface area contributed by atoms with Crippen molar-refractivity contribution in [1.82, 2.24) is 9.44 Å². The van der Waals surface area contributed by atoms with E-state index < -0.39 is 32.6 Å². The number of methoxy groups -OCH3 is 2. The largest absolute Gasteiger partial charge is 0.870 e. The van der Waals surface area contributed by atoms with E-state index in [-0.39, 0.29) is 18.7 Å². The first-order valence-corrected chi connectivity index (χ1v) is 12.6. The van der Waals surface area contributed by atoms with Gasteiger partial charge >= 0.3 is 32.6 Å². The SMILES string of the molecule is CC[N+](CC)(CC)S(=O)(=O)NC(=O)OC.CC[N+](CC)(CC)S(=O)(=O)NC(=O)OC.[OH-].[OH-]. The highest BCUT2D eigenvalue weighted by atomic mass is 32.2. The van der Waals surface area contributed by atoms with Crippen LogP contribution in [0.5, 0.6) is 0 Å². The van der Waals surface area contributed by atoms with Gasteiger partial charge in [-0.2, -0.15) is 26.3 Å². The summed E-state index contributed by atoms with van der Waals surface area (Å²) >= 11 is 0. The highest BCUT2D eigenvalue weighted by Crippen LogP contribution is 2.13. The van der Waals surface area contributed by atoms with Crippen LogP contribution in [-0.2, 0) is 29.9 Å². The zero-order chi connectivity index (χ0) is 24.2. The lowest BCUT2D eigenvalue weighted by Gasteiger charge is -2.32. The van der Waals surface area contributed by atoms with Gasteiger partial charge in [0.2, 0.25) is 0 Å². The maximum Gasteiger partial charge on any atom is 0.424 e. The van der Waals surface area contributed by atoms with Gasteiger partial charge in [-0.05, 0) is 41.5 Å². The Hall–Kier alpha value is -1.72. The van der Waals surface area contributed by atoms with Crippen molar-refractivity contribution in [2.45, 2.75) is 41.5 Å². The number of quaternary nitrogens is 2. The molecule has 0 atom stereocenters. The minimum Gasteiger partial charge on any atom is -0.870 e. The van der Waals surface area contributed by atoms with Crippen LogP contribution < -0.4 is 9.44 Å². The summed E-state index contributed by atoms with van der Waals surface area (Å²) in [7, 11) is -5.21. The Morgan fingerprint density at radius 2 is 0.781 bits per heavy atom. The molecule has 32 heavy (non-hydrogen) atoms. The van der Waals surface area contributed by atoms with Gasteiger partial charge in [-0.1, -0.05) is 0 Å². The van der Waals surface area contributed by atoms with E-state index >= 15 is 0 Å². The fourth-order valence-electron chi connectivity index (χ4n) is 2.85.